The predicted molar refractivity (Wildman–Crippen MR) is 53.2 cm³/mol. The Bertz CT molecular complexity index is 306. The number of benzene rings is 1. The number of ketones is 1. The first-order chi connectivity index (χ1) is 6.33. The second-order valence-corrected chi connectivity index (χ2v) is 2.91. The normalized spacial score (nSPS) is 9.15. The van der Waals surface area contributed by atoms with Crippen molar-refractivity contribution in [1.82, 2.24) is 0 Å². The summed E-state index contributed by atoms with van der Waals surface area (Å²) in [5.41, 5.74) is 1.26. The zero-order valence-corrected chi connectivity index (χ0v) is 7.49. The summed E-state index contributed by atoms with van der Waals surface area (Å²) in [5, 5.41) is 0. The van der Waals surface area contributed by atoms with Crippen molar-refractivity contribution in [1.29, 1.82) is 0 Å². The molecule has 1 heteroatoms. The van der Waals surface area contributed by atoms with Crippen LogP contribution in [0.3, 0.4) is 0 Å². The first kappa shape index (κ1) is 9.54. The van der Waals surface area contributed by atoms with Gasteiger partial charge in [0.25, 0.3) is 0 Å². The van der Waals surface area contributed by atoms with E-state index in [0.29, 0.717) is 6.42 Å². The average Bonchev–Trinajstić information content (AvgIpc) is 2.19. The third kappa shape index (κ3) is 3.57. The number of terminal acetylenes is 1. The lowest BCUT2D eigenvalue weighted by Crippen LogP contribution is -1.94. The molecule has 66 valence electrons. The van der Waals surface area contributed by atoms with Crippen molar-refractivity contribution < 1.29 is 4.79 Å². The van der Waals surface area contributed by atoms with Gasteiger partial charge in [-0.05, 0) is 24.3 Å². The summed E-state index contributed by atoms with van der Waals surface area (Å²) in [6.45, 7) is 0. The third-order valence-corrected chi connectivity index (χ3v) is 1.87. The van der Waals surface area contributed by atoms with Gasteiger partial charge in [0.1, 0.15) is 0 Å². The van der Waals surface area contributed by atoms with E-state index in [0.717, 1.165) is 12.8 Å². The van der Waals surface area contributed by atoms with Crippen molar-refractivity contribution >= 4 is 5.78 Å². The molecule has 0 saturated carbocycles. The van der Waals surface area contributed by atoms with Gasteiger partial charge in [-0.3, -0.25) is 4.79 Å². The second-order valence-electron chi connectivity index (χ2n) is 2.91. The molecule has 1 aromatic carbocycles. The second kappa shape index (κ2) is 5.16. The van der Waals surface area contributed by atoms with Crippen LogP contribution in [0.4, 0.5) is 0 Å². The fourth-order valence-electron chi connectivity index (χ4n) is 1.17. The van der Waals surface area contributed by atoms with Gasteiger partial charge in [-0.2, -0.15) is 0 Å². The van der Waals surface area contributed by atoms with Crippen molar-refractivity contribution in [3.8, 4) is 12.3 Å². The highest BCUT2D eigenvalue weighted by molar-refractivity contribution is 5.94. The molecule has 1 rings (SSSR count). The SMILES string of the molecule is C#CC(=O)CCCc1ccccc1. The number of rotatable bonds is 4. The van der Waals surface area contributed by atoms with Crippen molar-refractivity contribution in [2.24, 2.45) is 0 Å². The Labute approximate surface area is 78.8 Å². The van der Waals surface area contributed by atoms with E-state index in [4.69, 9.17) is 6.42 Å². The topological polar surface area (TPSA) is 17.1 Å². The first-order valence-electron chi connectivity index (χ1n) is 4.36. The molecule has 0 fully saturated rings. The minimum Gasteiger partial charge on any atom is -0.285 e. The van der Waals surface area contributed by atoms with E-state index >= 15 is 0 Å². The molecular weight excluding hydrogens is 160 g/mol. The average molecular weight is 172 g/mol. The van der Waals surface area contributed by atoms with Crippen LogP contribution in [0.25, 0.3) is 0 Å². The lowest BCUT2D eigenvalue weighted by Gasteiger charge is -1.97. The maximum atomic E-state index is 10.8. The molecule has 0 spiro atoms. The molecule has 0 aliphatic heterocycles. The van der Waals surface area contributed by atoms with Crippen LogP contribution in [0.1, 0.15) is 18.4 Å². The minimum absolute atomic E-state index is 0.101. The summed E-state index contributed by atoms with van der Waals surface area (Å²) in [6, 6.07) is 10.1. The maximum Gasteiger partial charge on any atom is 0.205 e. The molecule has 13 heavy (non-hydrogen) atoms. The summed E-state index contributed by atoms with van der Waals surface area (Å²) in [6.07, 6.45) is 7.21. The number of Topliss-reactive ketones (excluding diaryl/α,β-unsaturated/α-hetero) is 1. The molecule has 0 radical (unpaired) electrons. The van der Waals surface area contributed by atoms with Gasteiger partial charge >= 0.3 is 0 Å². The van der Waals surface area contributed by atoms with Gasteiger partial charge in [-0.25, -0.2) is 0 Å². The summed E-state index contributed by atoms with van der Waals surface area (Å²) in [7, 11) is 0. The number of hydrogen-bond acceptors (Lipinski definition) is 1. The zero-order chi connectivity index (χ0) is 9.52. The van der Waals surface area contributed by atoms with Gasteiger partial charge in [-0.15, -0.1) is 6.42 Å². The summed E-state index contributed by atoms with van der Waals surface area (Å²) < 4.78 is 0. The fourth-order valence-corrected chi connectivity index (χ4v) is 1.17. The molecule has 0 N–H and O–H groups in total. The number of carbonyl (C=O) groups is 1. The Kier molecular flexibility index (Phi) is 3.78. The Morgan fingerprint density at radius 2 is 2.00 bits per heavy atom. The smallest absolute Gasteiger partial charge is 0.205 e. The Morgan fingerprint density at radius 1 is 1.31 bits per heavy atom. The molecular formula is C12H12O. The van der Waals surface area contributed by atoms with Crippen molar-refractivity contribution in [3.05, 3.63) is 35.9 Å². The zero-order valence-electron chi connectivity index (χ0n) is 7.49. The van der Waals surface area contributed by atoms with Crippen molar-refractivity contribution in [3.63, 3.8) is 0 Å². The largest absolute Gasteiger partial charge is 0.285 e. The van der Waals surface area contributed by atoms with Gasteiger partial charge in [0, 0.05) is 6.42 Å². The molecule has 0 unspecified atom stereocenters. The standard InChI is InChI=1S/C12H12O/c1-2-12(13)10-6-9-11-7-4-3-5-8-11/h1,3-5,7-8H,6,9-10H2. The molecule has 1 aromatic rings. The molecule has 0 aliphatic carbocycles. The third-order valence-electron chi connectivity index (χ3n) is 1.87. The summed E-state index contributed by atoms with van der Waals surface area (Å²) in [4.78, 5) is 10.8. The van der Waals surface area contributed by atoms with E-state index in [9.17, 15) is 4.79 Å². The number of aryl methyl sites for hydroxylation is 1. The summed E-state index contributed by atoms with van der Waals surface area (Å²) in [5.74, 6) is 2.01. The molecule has 0 heterocycles. The van der Waals surface area contributed by atoms with Crippen molar-refractivity contribution in [2.75, 3.05) is 0 Å². The van der Waals surface area contributed by atoms with Gasteiger partial charge in [-0.1, -0.05) is 30.3 Å². The van der Waals surface area contributed by atoms with Crippen molar-refractivity contribution in [2.45, 2.75) is 19.3 Å². The van der Waals surface area contributed by atoms with Gasteiger partial charge < -0.3 is 0 Å². The highest BCUT2D eigenvalue weighted by Crippen LogP contribution is 2.04. The number of carbonyl (C=O) groups excluding carboxylic acids is 1. The van der Waals surface area contributed by atoms with Gasteiger partial charge in [0.15, 0.2) is 0 Å². The first-order valence-corrected chi connectivity index (χ1v) is 4.36. The molecule has 1 nitrogen and oxygen atoms in total. The van der Waals surface area contributed by atoms with Crippen LogP contribution in [0, 0.1) is 12.3 Å². The van der Waals surface area contributed by atoms with E-state index in [-0.39, 0.29) is 5.78 Å². The summed E-state index contributed by atoms with van der Waals surface area (Å²) >= 11 is 0. The molecule has 0 atom stereocenters. The number of hydrogen-bond donors (Lipinski definition) is 0. The van der Waals surface area contributed by atoms with Crippen LogP contribution in [-0.2, 0) is 11.2 Å². The van der Waals surface area contributed by atoms with E-state index in [2.05, 4.69) is 18.1 Å². The van der Waals surface area contributed by atoms with Gasteiger partial charge in [0.05, 0.1) is 0 Å². The van der Waals surface area contributed by atoms with E-state index in [1.165, 1.54) is 5.56 Å². The monoisotopic (exact) mass is 172 g/mol. The quantitative estimate of drug-likeness (QED) is 0.502. The van der Waals surface area contributed by atoms with Gasteiger partial charge in [0.2, 0.25) is 5.78 Å². The Balaban J connectivity index is 2.29. The highest BCUT2D eigenvalue weighted by atomic mass is 16.1. The van der Waals surface area contributed by atoms with Crippen LogP contribution in [0.2, 0.25) is 0 Å². The van der Waals surface area contributed by atoms with Crippen LogP contribution >= 0.6 is 0 Å². The molecule has 0 bridgehead atoms. The lowest BCUT2D eigenvalue weighted by atomic mass is 10.1. The predicted octanol–water partition coefficient (Wildman–Crippen LogP) is 2.21. The fraction of sp³-hybridized carbons (Fsp3) is 0.250. The van der Waals surface area contributed by atoms with Crippen LogP contribution in [0.5, 0.6) is 0 Å². The van der Waals surface area contributed by atoms with Crippen LogP contribution in [-0.4, -0.2) is 5.78 Å². The van der Waals surface area contributed by atoms with E-state index in [1.54, 1.807) is 0 Å². The van der Waals surface area contributed by atoms with Crippen LogP contribution < -0.4 is 0 Å². The molecule has 0 aromatic heterocycles. The Morgan fingerprint density at radius 3 is 2.62 bits per heavy atom. The van der Waals surface area contributed by atoms with E-state index < -0.39 is 0 Å². The minimum atomic E-state index is -0.101. The maximum absolute atomic E-state index is 10.8. The lowest BCUT2D eigenvalue weighted by molar-refractivity contribution is -0.113. The molecule has 0 aliphatic rings. The highest BCUT2D eigenvalue weighted by Gasteiger charge is 1.96. The molecule has 0 saturated heterocycles. The van der Waals surface area contributed by atoms with Crippen LogP contribution in [0.15, 0.2) is 30.3 Å². The molecule has 0 amide bonds. The van der Waals surface area contributed by atoms with E-state index in [1.807, 2.05) is 18.2 Å². The Hall–Kier alpha value is -1.55.